The van der Waals surface area contributed by atoms with Gasteiger partial charge in [0.2, 0.25) is 0 Å². The van der Waals surface area contributed by atoms with Crippen molar-refractivity contribution in [3.8, 4) is 0 Å². The molecule has 114 valence electrons. The molecule has 1 aromatic carbocycles. The van der Waals surface area contributed by atoms with Crippen LogP contribution in [0.3, 0.4) is 0 Å². The van der Waals surface area contributed by atoms with Crippen molar-refractivity contribution < 1.29 is 13.2 Å². The zero-order valence-corrected chi connectivity index (χ0v) is 13.2. The molecule has 1 aromatic rings. The molecule has 0 amide bonds. The molecule has 20 heavy (non-hydrogen) atoms. The molecule has 1 unspecified atom stereocenters. The van der Waals surface area contributed by atoms with Crippen LogP contribution in [0.15, 0.2) is 18.2 Å². The third-order valence-electron chi connectivity index (χ3n) is 3.21. The Bertz CT molecular complexity index is 461. The molecule has 1 rings (SSSR count). The highest BCUT2D eigenvalue weighted by atomic mass is 35.5. The Hall–Kier alpha value is -0.900. The van der Waals surface area contributed by atoms with Gasteiger partial charge in [-0.2, -0.15) is 13.2 Å². The number of halogens is 4. The molecule has 0 aliphatic heterocycles. The van der Waals surface area contributed by atoms with Gasteiger partial charge < -0.3 is 5.32 Å². The zero-order chi connectivity index (χ0) is 15.7. The molecule has 0 bridgehead atoms. The average molecular weight is 308 g/mol. The SMILES string of the molecule is CC(C)C(Nc1ccc(C(F)(F)F)cc1Cl)C(C)(C)C. The van der Waals surface area contributed by atoms with Gasteiger partial charge in [-0.15, -0.1) is 0 Å². The van der Waals surface area contributed by atoms with Crippen molar-refractivity contribution >= 4 is 17.3 Å². The summed E-state index contributed by atoms with van der Waals surface area (Å²) >= 11 is 5.97. The molecule has 0 aliphatic rings. The Labute approximate surface area is 123 Å². The number of hydrogen-bond donors (Lipinski definition) is 1. The van der Waals surface area contributed by atoms with Crippen LogP contribution in [0.2, 0.25) is 5.02 Å². The van der Waals surface area contributed by atoms with Gasteiger partial charge in [-0.1, -0.05) is 46.2 Å². The van der Waals surface area contributed by atoms with E-state index in [1.54, 1.807) is 0 Å². The quantitative estimate of drug-likeness (QED) is 0.739. The van der Waals surface area contributed by atoms with Crippen molar-refractivity contribution in [1.29, 1.82) is 0 Å². The first-order chi connectivity index (χ1) is 8.93. The Morgan fingerprint density at radius 3 is 2.00 bits per heavy atom. The fraction of sp³-hybridized carbons (Fsp3) is 0.600. The minimum Gasteiger partial charge on any atom is -0.380 e. The Balaban J connectivity index is 3.04. The van der Waals surface area contributed by atoms with E-state index in [9.17, 15) is 13.2 Å². The number of rotatable bonds is 3. The molecule has 1 nitrogen and oxygen atoms in total. The number of hydrogen-bond acceptors (Lipinski definition) is 1. The maximum Gasteiger partial charge on any atom is 0.416 e. The van der Waals surface area contributed by atoms with Gasteiger partial charge in [-0.25, -0.2) is 0 Å². The minimum absolute atomic E-state index is 0.0276. The van der Waals surface area contributed by atoms with Gasteiger partial charge in [0.05, 0.1) is 16.3 Å². The lowest BCUT2D eigenvalue weighted by Gasteiger charge is -2.35. The largest absolute Gasteiger partial charge is 0.416 e. The van der Waals surface area contributed by atoms with Crippen LogP contribution >= 0.6 is 11.6 Å². The van der Waals surface area contributed by atoms with E-state index in [0.29, 0.717) is 11.6 Å². The third-order valence-corrected chi connectivity index (χ3v) is 3.52. The molecule has 0 aromatic heterocycles. The van der Waals surface area contributed by atoms with Crippen LogP contribution in [0, 0.1) is 11.3 Å². The lowest BCUT2D eigenvalue weighted by Crippen LogP contribution is -2.38. The standard InChI is InChI=1S/C15H21ClF3N/c1-9(2)13(14(3,4)5)20-12-7-6-10(8-11(12)16)15(17,18)19/h6-9,13,20H,1-5H3. The van der Waals surface area contributed by atoms with Gasteiger partial charge in [0, 0.05) is 6.04 Å². The third kappa shape index (κ3) is 4.30. The lowest BCUT2D eigenvalue weighted by molar-refractivity contribution is -0.137. The summed E-state index contributed by atoms with van der Waals surface area (Å²) in [4.78, 5) is 0. The van der Waals surface area contributed by atoms with E-state index in [-0.39, 0.29) is 16.5 Å². The van der Waals surface area contributed by atoms with Crippen molar-refractivity contribution in [2.45, 2.75) is 46.8 Å². The van der Waals surface area contributed by atoms with Gasteiger partial charge >= 0.3 is 6.18 Å². The van der Waals surface area contributed by atoms with E-state index in [0.717, 1.165) is 12.1 Å². The van der Waals surface area contributed by atoms with Crippen LogP contribution in [-0.4, -0.2) is 6.04 Å². The van der Waals surface area contributed by atoms with E-state index >= 15 is 0 Å². The van der Waals surface area contributed by atoms with Gasteiger partial charge in [0.15, 0.2) is 0 Å². The molecule has 0 aliphatic carbocycles. The number of benzene rings is 1. The monoisotopic (exact) mass is 307 g/mol. The molecule has 1 atom stereocenters. The smallest absolute Gasteiger partial charge is 0.380 e. The fourth-order valence-electron chi connectivity index (χ4n) is 2.36. The van der Waals surface area contributed by atoms with Crippen molar-refractivity contribution in [1.82, 2.24) is 0 Å². The molecule has 1 N–H and O–H groups in total. The predicted octanol–water partition coefficient (Wildman–Crippen LogP) is 5.84. The Morgan fingerprint density at radius 2 is 1.65 bits per heavy atom. The maximum absolute atomic E-state index is 12.6. The molecule has 0 saturated carbocycles. The van der Waals surface area contributed by atoms with Crippen molar-refractivity contribution in [3.63, 3.8) is 0 Å². The molecule has 0 spiro atoms. The van der Waals surface area contributed by atoms with Crippen molar-refractivity contribution in [2.75, 3.05) is 5.32 Å². The molecule has 0 fully saturated rings. The normalized spacial score (nSPS) is 14.5. The molecule has 0 saturated heterocycles. The van der Waals surface area contributed by atoms with E-state index in [2.05, 4.69) is 39.9 Å². The lowest BCUT2D eigenvalue weighted by atomic mass is 9.80. The van der Waals surface area contributed by atoms with Crippen LogP contribution in [0.1, 0.15) is 40.2 Å². The van der Waals surface area contributed by atoms with E-state index < -0.39 is 11.7 Å². The highest BCUT2D eigenvalue weighted by Crippen LogP contribution is 2.36. The molecule has 0 heterocycles. The number of alkyl halides is 3. The highest BCUT2D eigenvalue weighted by Gasteiger charge is 2.32. The minimum atomic E-state index is -4.37. The summed E-state index contributed by atoms with van der Waals surface area (Å²) in [6.45, 7) is 10.4. The second kappa shape index (κ2) is 5.84. The van der Waals surface area contributed by atoms with E-state index in [4.69, 9.17) is 11.6 Å². The molecular formula is C15H21ClF3N. The summed E-state index contributed by atoms with van der Waals surface area (Å²) in [6, 6.07) is 3.52. The number of anilines is 1. The van der Waals surface area contributed by atoms with E-state index in [1.807, 2.05) is 0 Å². The topological polar surface area (TPSA) is 12.0 Å². The van der Waals surface area contributed by atoms with Gasteiger partial charge in [0.1, 0.15) is 0 Å². The van der Waals surface area contributed by atoms with Crippen LogP contribution in [0.5, 0.6) is 0 Å². The highest BCUT2D eigenvalue weighted by molar-refractivity contribution is 6.33. The summed E-state index contributed by atoms with van der Waals surface area (Å²) < 4.78 is 37.8. The first-order valence-corrected chi connectivity index (χ1v) is 6.94. The molecule has 5 heteroatoms. The summed E-state index contributed by atoms with van der Waals surface area (Å²) in [5.41, 5.74) is -0.224. The van der Waals surface area contributed by atoms with Crippen molar-refractivity contribution in [3.05, 3.63) is 28.8 Å². The fourth-order valence-corrected chi connectivity index (χ4v) is 2.59. The average Bonchev–Trinajstić information content (AvgIpc) is 2.23. The maximum atomic E-state index is 12.6. The first kappa shape index (κ1) is 17.2. The molecular weight excluding hydrogens is 287 g/mol. The Kier molecular flexibility index (Phi) is 5.01. The van der Waals surface area contributed by atoms with Crippen LogP contribution in [0.4, 0.5) is 18.9 Å². The van der Waals surface area contributed by atoms with E-state index in [1.165, 1.54) is 6.07 Å². The zero-order valence-electron chi connectivity index (χ0n) is 12.4. The van der Waals surface area contributed by atoms with Crippen LogP contribution in [0.25, 0.3) is 0 Å². The van der Waals surface area contributed by atoms with Crippen LogP contribution < -0.4 is 5.32 Å². The summed E-state index contributed by atoms with van der Waals surface area (Å²) in [6.07, 6.45) is -4.37. The molecule has 0 radical (unpaired) electrons. The van der Waals surface area contributed by atoms with Gasteiger partial charge in [-0.05, 0) is 29.5 Å². The second-order valence-electron chi connectivity index (χ2n) is 6.42. The predicted molar refractivity (Wildman–Crippen MR) is 78.2 cm³/mol. The Morgan fingerprint density at radius 1 is 1.10 bits per heavy atom. The summed E-state index contributed by atoms with van der Waals surface area (Å²) in [7, 11) is 0. The first-order valence-electron chi connectivity index (χ1n) is 6.56. The summed E-state index contributed by atoms with van der Waals surface area (Å²) in [5.74, 6) is 0.327. The van der Waals surface area contributed by atoms with Gasteiger partial charge in [-0.3, -0.25) is 0 Å². The number of nitrogens with one attached hydrogen (secondary N) is 1. The van der Waals surface area contributed by atoms with Crippen molar-refractivity contribution in [2.24, 2.45) is 11.3 Å². The summed E-state index contributed by atoms with van der Waals surface area (Å²) in [5, 5.41) is 3.36. The van der Waals surface area contributed by atoms with Crippen LogP contribution in [-0.2, 0) is 6.18 Å². The van der Waals surface area contributed by atoms with Gasteiger partial charge in [0.25, 0.3) is 0 Å². The second-order valence-corrected chi connectivity index (χ2v) is 6.83.